The summed E-state index contributed by atoms with van der Waals surface area (Å²) < 4.78 is 44.4. The second-order valence-electron chi connectivity index (χ2n) is 8.60. The summed E-state index contributed by atoms with van der Waals surface area (Å²) in [5, 5.41) is 14.1. The molecule has 1 aliphatic heterocycles. The molecule has 0 saturated carbocycles. The van der Waals surface area contributed by atoms with Crippen LogP contribution in [0.3, 0.4) is 0 Å². The van der Waals surface area contributed by atoms with E-state index in [9.17, 15) is 13.0 Å². The highest BCUT2D eigenvalue weighted by Crippen LogP contribution is 2.32. The van der Waals surface area contributed by atoms with Gasteiger partial charge in [0.1, 0.15) is 22.8 Å². The Balaban J connectivity index is 1.39. The Kier molecular flexibility index (Phi) is 5.97. The Bertz CT molecular complexity index is 1500. The van der Waals surface area contributed by atoms with E-state index >= 15 is 0 Å². The second kappa shape index (κ2) is 8.97. The third-order valence-corrected chi connectivity index (χ3v) is 8.76. The number of pyridine rings is 1. The lowest BCUT2D eigenvalue weighted by molar-refractivity contribution is 0.326. The van der Waals surface area contributed by atoms with Gasteiger partial charge < -0.3 is 4.90 Å². The van der Waals surface area contributed by atoms with E-state index in [2.05, 4.69) is 31.1 Å². The zero-order chi connectivity index (χ0) is 24.7. The topological polar surface area (TPSA) is 80.0 Å². The molecule has 1 fully saturated rings. The van der Waals surface area contributed by atoms with Gasteiger partial charge in [-0.1, -0.05) is 0 Å². The van der Waals surface area contributed by atoms with Crippen LogP contribution in [0.1, 0.15) is 12.8 Å². The van der Waals surface area contributed by atoms with Gasteiger partial charge >= 0.3 is 0 Å². The van der Waals surface area contributed by atoms with Crippen molar-refractivity contribution in [3.8, 4) is 11.4 Å². The molecule has 4 heterocycles. The van der Waals surface area contributed by atoms with E-state index in [-0.39, 0.29) is 10.9 Å². The fraction of sp³-hybridized carbons (Fsp3) is 0.292. The number of piperidine rings is 1. The van der Waals surface area contributed by atoms with Crippen LogP contribution in [0.4, 0.5) is 14.6 Å². The predicted octanol–water partition coefficient (Wildman–Crippen LogP) is 3.29. The van der Waals surface area contributed by atoms with Gasteiger partial charge in [-0.15, -0.1) is 10.2 Å². The number of aryl methyl sites for hydroxylation is 1. The van der Waals surface area contributed by atoms with Gasteiger partial charge in [-0.05, 0) is 49.0 Å². The summed E-state index contributed by atoms with van der Waals surface area (Å²) in [4.78, 5) is 6.58. The summed E-state index contributed by atoms with van der Waals surface area (Å²) in [6.45, 7) is 0.889. The normalized spacial score (nSPS) is 16.9. The third kappa shape index (κ3) is 4.14. The number of nitrogens with zero attached hydrogens (tertiary/aromatic N) is 7. The van der Waals surface area contributed by atoms with E-state index in [1.54, 1.807) is 21.4 Å². The zero-order valence-corrected chi connectivity index (χ0v) is 20.3. The lowest BCUT2D eigenvalue weighted by Crippen LogP contribution is -2.46. The molecule has 11 heteroatoms. The summed E-state index contributed by atoms with van der Waals surface area (Å²) in [5.41, 5.74) is 2.28. The Hall–Kier alpha value is -3.44. The molecule has 0 amide bonds. The predicted molar refractivity (Wildman–Crippen MR) is 132 cm³/mol. The second-order valence-corrected chi connectivity index (χ2v) is 10.8. The number of rotatable bonds is 5. The molecule has 0 N–H and O–H groups in total. The summed E-state index contributed by atoms with van der Waals surface area (Å²) in [7, 11) is 0.732. The van der Waals surface area contributed by atoms with E-state index in [1.165, 1.54) is 6.07 Å². The molecule has 4 aromatic rings. The van der Waals surface area contributed by atoms with Crippen LogP contribution < -0.4 is 4.90 Å². The van der Waals surface area contributed by atoms with Gasteiger partial charge in [0.05, 0.1) is 20.3 Å². The fourth-order valence-electron chi connectivity index (χ4n) is 4.58. The first-order chi connectivity index (χ1) is 16.8. The van der Waals surface area contributed by atoms with Crippen LogP contribution in [0, 0.1) is 11.6 Å². The van der Waals surface area contributed by atoms with Crippen LogP contribution in [0.2, 0.25) is 0 Å². The number of hydrogen-bond donors (Lipinski definition) is 0. The van der Waals surface area contributed by atoms with Gasteiger partial charge in [0.25, 0.3) is 0 Å². The van der Waals surface area contributed by atoms with E-state index in [4.69, 9.17) is 0 Å². The quantitative estimate of drug-likeness (QED) is 0.394. The molecule has 0 aliphatic carbocycles. The Morgan fingerprint density at radius 3 is 2.57 bits per heavy atom. The Labute approximate surface area is 202 Å². The number of aromatic nitrogens is 5. The van der Waals surface area contributed by atoms with Gasteiger partial charge in [0.15, 0.2) is 5.82 Å². The first-order valence-electron chi connectivity index (χ1n) is 11.2. The maximum absolute atomic E-state index is 14.3. The maximum Gasteiger partial charge on any atom is 0.177 e. The molecule has 1 aliphatic rings. The molecule has 5 rings (SSSR count). The molecule has 0 radical (unpaired) electrons. The highest BCUT2D eigenvalue weighted by molar-refractivity contribution is 7.98. The van der Waals surface area contributed by atoms with Crippen molar-refractivity contribution in [1.29, 1.82) is 0 Å². The Morgan fingerprint density at radius 2 is 1.89 bits per heavy atom. The number of halogens is 2. The maximum atomic E-state index is 14.3. The van der Waals surface area contributed by atoms with Crippen LogP contribution in [0.25, 0.3) is 22.3 Å². The minimum absolute atomic E-state index is 0.0717. The molecule has 1 unspecified atom stereocenters. The summed E-state index contributed by atoms with van der Waals surface area (Å²) in [6, 6.07) is 8.87. The van der Waals surface area contributed by atoms with Crippen LogP contribution in [-0.2, 0) is 16.8 Å². The van der Waals surface area contributed by atoms with E-state index in [0.29, 0.717) is 37.4 Å². The van der Waals surface area contributed by atoms with Crippen molar-refractivity contribution in [2.45, 2.75) is 23.8 Å². The monoisotopic (exact) mass is 497 g/mol. The summed E-state index contributed by atoms with van der Waals surface area (Å²) >= 11 is 0. The largest absolute Gasteiger partial charge is 0.353 e. The van der Waals surface area contributed by atoms with Crippen LogP contribution in [0.15, 0.2) is 53.7 Å². The molecule has 182 valence electrons. The SMILES string of the molecule is C=S(=O)(c1ccc(F)cc1F)N1CCC(N(C)c2nnc(-c3ccnn3C)c3cccnc23)CC1. The summed E-state index contributed by atoms with van der Waals surface area (Å²) in [6.07, 6.45) is 4.76. The van der Waals surface area contributed by atoms with Crippen molar-refractivity contribution in [2.24, 2.45) is 7.05 Å². The van der Waals surface area contributed by atoms with E-state index < -0.39 is 21.3 Å². The molecular formula is C24H25F2N7OS. The molecule has 8 nitrogen and oxygen atoms in total. The lowest BCUT2D eigenvalue weighted by atomic mass is 10.0. The minimum atomic E-state index is -3.07. The van der Waals surface area contributed by atoms with Gasteiger partial charge in [-0.25, -0.2) is 17.3 Å². The molecule has 1 aromatic carbocycles. The molecule has 35 heavy (non-hydrogen) atoms. The van der Waals surface area contributed by atoms with Crippen LogP contribution in [0.5, 0.6) is 0 Å². The standard InChI is InChI=1S/C24H25F2N7OS/c1-31(17-9-13-33(14-10-17)35(3,34)21-7-6-16(25)15-19(21)26)24-23-18(5-4-11-27-23)22(29-30-24)20-8-12-28-32(20)2/h4-8,11-12,15,17H,3,9-10,13-14H2,1-2H3. The molecule has 1 saturated heterocycles. The van der Waals surface area contributed by atoms with Crippen molar-refractivity contribution >= 4 is 32.3 Å². The zero-order valence-electron chi connectivity index (χ0n) is 19.4. The smallest absolute Gasteiger partial charge is 0.177 e. The average molecular weight is 498 g/mol. The molecular weight excluding hydrogens is 472 g/mol. The first-order valence-corrected chi connectivity index (χ1v) is 12.9. The molecule has 3 aromatic heterocycles. The number of benzene rings is 1. The fourth-order valence-corrected chi connectivity index (χ4v) is 6.30. The van der Waals surface area contributed by atoms with Gasteiger partial charge in [0.2, 0.25) is 0 Å². The minimum Gasteiger partial charge on any atom is -0.353 e. The highest BCUT2D eigenvalue weighted by atomic mass is 32.2. The summed E-state index contributed by atoms with van der Waals surface area (Å²) in [5.74, 6) is 2.91. The van der Waals surface area contributed by atoms with Crippen molar-refractivity contribution in [3.63, 3.8) is 0 Å². The number of fused-ring (bicyclic) bond motifs is 1. The van der Waals surface area contributed by atoms with Crippen molar-refractivity contribution < 1.29 is 13.0 Å². The van der Waals surface area contributed by atoms with Gasteiger partial charge in [-0.3, -0.25) is 9.67 Å². The van der Waals surface area contributed by atoms with Gasteiger partial charge in [-0.2, -0.15) is 5.10 Å². The molecule has 0 bridgehead atoms. The lowest BCUT2D eigenvalue weighted by Gasteiger charge is -2.38. The van der Waals surface area contributed by atoms with Crippen molar-refractivity contribution in [2.75, 3.05) is 25.0 Å². The number of anilines is 1. The van der Waals surface area contributed by atoms with E-state index in [1.807, 2.05) is 32.3 Å². The highest BCUT2D eigenvalue weighted by Gasteiger charge is 2.30. The average Bonchev–Trinajstić information content (AvgIpc) is 3.28. The molecule has 1 atom stereocenters. The van der Waals surface area contributed by atoms with Gasteiger partial charge in [0, 0.05) is 57.1 Å². The van der Waals surface area contributed by atoms with Crippen LogP contribution in [-0.4, -0.2) is 65.5 Å². The third-order valence-electron chi connectivity index (χ3n) is 6.54. The van der Waals surface area contributed by atoms with E-state index in [0.717, 1.165) is 28.7 Å². The number of hydrogen-bond acceptors (Lipinski definition) is 6. The molecule has 0 spiro atoms. The first kappa shape index (κ1) is 23.3. The Morgan fingerprint density at radius 1 is 1.11 bits per heavy atom. The van der Waals surface area contributed by atoms with Crippen LogP contribution >= 0.6 is 0 Å². The van der Waals surface area contributed by atoms with Crippen molar-refractivity contribution in [1.82, 2.24) is 29.3 Å². The van der Waals surface area contributed by atoms with Crippen molar-refractivity contribution in [3.05, 3.63) is 60.4 Å².